The molecule has 4 nitrogen and oxygen atoms in total. The van der Waals surface area contributed by atoms with Gasteiger partial charge in [0.25, 0.3) is 12.9 Å². The minimum absolute atomic E-state index is 0.494. The SMILES string of the molecule is COC.O=C(CC1C(=O)C2C=C(F)C(F)=CC2C1=O)c1cc(C(F)F)cc(C(F)F)c1. The van der Waals surface area contributed by atoms with Crippen molar-refractivity contribution in [2.45, 2.75) is 19.3 Å². The van der Waals surface area contributed by atoms with Gasteiger partial charge in [-0.25, -0.2) is 26.3 Å². The lowest BCUT2D eigenvalue weighted by molar-refractivity contribution is -0.128. The number of methoxy groups -OCH3 is 1. The van der Waals surface area contributed by atoms with Crippen LogP contribution in [0.25, 0.3) is 0 Å². The third-order valence-corrected chi connectivity index (χ3v) is 4.80. The van der Waals surface area contributed by atoms with Gasteiger partial charge in [0.1, 0.15) is 0 Å². The molecule has 0 spiro atoms. The first-order valence-electron chi connectivity index (χ1n) is 8.98. The number of ether oxygens (including phenoxy) is 1. The molecule has 168 valence electrons. The van der Waals surface area contributed by atoms with E-state index < -0.39 is 82.7 Å². The van der Waals surface area contributed by atoms with Gasteiger partial charge in [-0.05, 0) is 30.4 Å². The van der Waals surface area contributed by atoms with Crippen molar-refractivity contribution in [2.75, 3.05) is 14.2 Å². The summed E-state index contributed by atoms with van der Waals surface area (Å²) in [6.45, 7) is 0. The fourth-order valence-electron chi connectivity index (χ4n) is 3.40. The molecular formula is C21H18F6O4. The number of carbonyl (C=O) groups excluding carboxylic acids is 3. The largest absolute Gasteiger partial charge is 0.388 e. The van der Waals surface area contributed by atoms with E-state index in [1.54, 1.807) is 14.2 Å². The number of rotatable bonds is 5. The molecule has 1 saturated carbocycles. The molecule has 0 amide bonds. The van der Waals surface area contributed by atoms with Gasteiger partial charge in [-0.1, -0.05) is 0 Å². The van der Waals surface area contributed by atoms with E-state index in [-0.39, 0.29) is 0 Å². The zero-order valence-corrected chi connectivity index (χ0v) is 16.4. The Morgan fingerprint density at radius 1 is 0.871 bits per heavy atom. The van der Waals surface area contributed by atoms with Gasteiger partial charge in [0.2, 0.25) is 0 Å². The first-order valence-corrected chi connectivity index (χ1v) is 8.98. The lowest BCUT2D eigenvalue weighted by Gasteiger charge is -2.13. The standard InChI is InChI=1S/C19H12F6O3.C2H6O/c20-13-4-10-11(5-14(13)21)17(28)12(16(10)27)6-15(26)7-1-8(18(22)23)3-9(2-7)19(24)25;1-3-2/h1-5,10-12,18-19H,6H2;1-2H3. The number of carbonyl (C=O) groups is 3. The van der Waals surface area contributed by atoms with Crippen LogP contribution in [-0.4, -0.2) is 31.6 Å². The number of Topliss-reactive ketones (excluding diaryl/α,β-unsaturated/α-hetero) is 3. The Labute approximate surface area is 173 Å². The normalized spacial score (nSPS) is 22.7. The number of hydrogen-bond donors (Lipinski definition) is 0. The summed E-state index contributed by atoms with van der Waals surface area (Å²) < 4.78 is 82.6. The number of fused-ring (bicyclic) bond motifs is 1. The molecule has 31 heavy (non-hydrogen) atoms. The molecule has 2 unspecified atom stereocenters. The van der Waals surface area contributed by atoms with Crippen molar-refractivity contribution < 1.29 is 45.5 Å². The van der Waals surface area contributed by atoms with Gasteiger partial charge < -0.3 is 4.74 Å². The van der Waals surface area contributed by atoms with E-state index >= 15 is 0 Å². The Morgan fingerprint density at radius 2 is 1.26 bits per heavy atom. The van der Waals surface area contributed by atoms with Crippen molar-refractivity contribution in [1.29, 1.82) is 0 Å². The van der Waals surface area contributed by atoms with Crippen LogP contribution in [0.15, 0.2) is 42.0 Å². The maximum atomic E-state index is 13.4. The maximum absolute atomic E-state index is 13.4. The van der Waals surface area contributed by atoms with Crippen LogP contribution in [0.3, 0.4) is 0 Å². The summed E-state index contributed by atoms with van der Waals surface area (Å²) >= 11 is 0. The lowest BCUT2D eigenvalue weighted by atomic mass is 9.90. The molecule has 1 fully saturated rings. The summed E-state index contributed by atoms with van der Waals surface area (Å²) in [4.78, 5) is 37.1. The highest BCUT2D eigenvalue weighted by Crippen LogP contribution is 2.40. The average molecular weight is 448 g/mol. The molecule has 1 aromatic carbocycles. The van der Waals surface area contributed by atoms with E-state index in [1.165, 1.54) is 0 Å². The van der Waals surface area contributed by atoms with Crippen LogP contribution in [0.2, 0.25) is 0 Å². The number of halogens is 6. The Bertz CT molecular complexity index is 876. The molecule has 2 atom stereocenters. The number of allylic oxidation sites excluding steroid dienone is 4. The molecule has 0 aromatic heterocycles. The second-order valence-corrected chi connectivity index (χ2v) is 6.96. The van der Waals surface area contributed by atoms with Gasteiger partial charge >= 0.3 is 0 Å². The van der Waals surface area contributed by atoms with E-state index in [2.05, 4.69) is 4.74 Å². The van der Waals surface area contributed by atoms with Crippen molar-refractivity contribution in [2.24, 2.45) is 17.8 Å². The molecule has 10 heteroatoms. The van der Waals surface area contributed by atoms with Crippen molar-refractivity contribution in [3.05, 3.63) is 58.7 Å². The van der Waals surface area contributed by atoms with E-state index in [0.717, 1.165) is 12.1 Å². The zero-order valence-electron chi connectivity index (χ0n) is 16.4. The number of hydrogen-bond acceptors (Lipinski definition) is 4. The molecule has 0 bridgehead atoms. The van der Waals surface area contributed by atoms with Crippen LogP contribution in [-0.2, 0) is 14.3 Å². The Kier molecular flexibility index (Phi) is 7.94. The fourth-order valence-corrected chi connectivity index (χ4v) is 3.40. The van der Waals surface area contributed by atoms with Crippen LogP contribution in [0, 0.1) is 17.8 Å². The smallest absolute Gasteiger partial charge is 0.263 e. The summed E-state index contributed by atoms with van der Waals surface area (Å²) in [6.07, 6.45) is -5.65. The van der Waals surface area contributed by atoms with E-state index in [4.69, 9.17) is 0 Å². The number of benzene rings is 1. The second-order valence-electron chi connectivity index (χ2n) is 6.96. The minimum atomic E-state index is -3.11. The fraction of sp³-hybridized carbons (Fsp3) is 0.381. The van der Waals surface area contributed by atoms with Crippen molar-refractivity contribution >= 4 is 17.3 Å². The van der Waals surface area contributed by atoms with Gasteiger partial charge in [-0.2, -0.15) is 0 Å². The minimum Gasteiger partial charge on any atom is -0.388 e. The van der Waals surface area contributed by atoms with E-state index in [1.807, 2.05) is 0 Å². The molecule has 2 aliphatic carbocycles. The summed E-state index contributed by atoms with van der Waals surface area (Å²) in [6, 6.07) is 2.00. The quantitative estimate of drug-likeness (QED) is 0.357. The van der Waals surface area contributed by atoms with Gasteiger partial charge in [0.15, 0.2) is 29.0 Å². The third-order valence-electron chi connectivity index (χ3n) is 4.80. The molecular weight excluding hydrogens is 430 g/mol. The molecule has 0 saturated heterocycles. The van der Waals surface area contributed by atoms with E-state index in [0.29, 0.717) is 18.2 Å². The first-order chi connectivity index (χ1) is 14.5. The highest BCUT2D eigenvalue weighted by atomic mass is 19.3. The summed E-state index contributed by atoms with van der Waals surface area (Å²) in [5, 5.41) is 0. The highest BCUT2D eigenvalue weighted by molar-refractivity contribution is 6.16. The topological polar surface area (TPSA) is 60.4 Å². The van der Waals surface area contributed by atoms with Gasteiger partial charge in [0.05, 0.1) is 17.8 Å². The Morgan fingerprint density at radius 3 is 1.61 bits per heavy atom. The molecule has 3 rings (SSSR count). The Hall–Kier alpha value is -2.75. The van der Waals surface area contributed by atoms with Crippen LogP contribution in [0.1, 0.15) is 40.8 Å². The Balaban J connectivity index is 0.00000107. The van der Waals surface area contributed by atoms with Crippen LogP contribution >= 0.6 is 0 Å². The van der Waals surface area contributed by atoms with Crippen LogP contribution in [0.5, 0.6) is 0 Å². The van der Waals surface area contributed by atoms with Crippen LogP contribution in [0.4, 0.5) is 26.3 Å². The molecule has 2 aliphatic rings. The van der Waals surface area contributed by atoms with Gasteiger partial charge in [-0.15, -0.1) is 0 Å². The van der Waals surface area contributed by atoms with Gasteiger partial charge in [-0.3, -0.25) is 14.4 Å². The predicted molar refractivity (Wildman–Crippen MR) is 97.1 cm³/mol. The van der Waals surface area contributed by atoms with Crippen molar-refractivity contribution in [3.63, 3.8) is 0 Å². The van der Waals surface area contributed by atoms with E-state index in [9.17, 15) is 40.7 Å². The summed E-state index contributed by atoms with van der Waals surface area (Å²) in [5.41, 5.74) is -2.09. The molecule has 1 aromatic rings. The number of alkyl halides is 4. The zero-order chi connectivity index (χ0) is 23.5. The van der Waals surface area contributed by atoms with Crippen molar-refractivity contribution in [1.82, 2.24) is 0 Å². The molecule has 0 heterocycles. The first kappa shape index (κ1) is 24.5. The highest BCUT2D eigenvalue weighted by Gasteiger charge is 2.49. The molecule has 0 N–H and O–H groups in total. The van der Waals surface area contributed by atoms with Gasteiger partial charge in [0, 0.05) is 37.3 Å². The monoisotopic (exact) mass is 448 g/mol. The maximum Gasteiger partial charge on any atom is 0.263 e. The summed E-state index contributed by atoms with van der Waals surface area (Å²) in [7, 11) is 3.25. The molecule has 0 aliphatic heterocycles. The van der Waals surface area contributed by atoms with Crippen LogP contribution < -0.4 is 0 Å². The predicted octanol–water partition coefficient (Wildman–Crippen LogP) is 5.12. The average Bonchev–Trinajstić information content (AvgIpc) is 2.93. The lowest BCUT2D eigenvalue weighted by Crippen LogP contribution is -2.21. The number of ketones is 3. The third kappa shape index (κ3) is 5.30. The van der Waals surface area contributed by atoms with Crippen molar-refractivity contribution in [3.8, 4) is 0 Å². The summed E-state index contributed by atoms with van der Waals surface area (Å²) in [5.74, 6) is -9.20. The molecule has 0 radical (unpaired) electrons. The second kappa shape index (κ2) is 10.0.